The van der Waals surface area contributed by atoms with Crippen molar-refractivity contribution in [1.29, 1.82) is 5.26 Å². The van der Waals surface area contributed by atoms with E-state index in [1.807, 2.05) is 13.0 Å². The average Bonchev–Trinajstić information content (AvgIpc) is 2.36. The summed E-state index contributed by atoms with van der Waals surface area (Å²) in [6.45, 7) is 6.23. The molecule has 1 rings (SSSR count). The molecule has 0 radical (unpaired) electrons. The lowest BCUT2D eigenvalue weighted by Crippen LogP contribution is -2.17. The number of anilines is 1. The van der Waals surface area contributed by atoms with Crippen molar-refractivity contribution in [2.75, 3.05) is 5.32 Å². The second-order valence-electron chi connectivity index (χ2n) is 4.98. The number of hydrogen-bond donors (Lipinski definition) is 1. The summed E-state index contributed by atoms with van der Waals surface area (Å²) in [5.74, 6) is 0.813. The van der Waals surface area contributed by atoms with Crippen molar-refractivity contribution >= 4 is 11.5 Å². The fraction of sp³-hybridized carbons (Fsp3) is 0.538. The molecule has 6 nitrogen and oxygen atoms in total. The normalized spacial score (nSPS) is 11.9. The van der Waals surface area contributed by atoms with E-state index in [4.69, 9.17) is 5.26 Å². The molecule has 0 aromatic carbocycles. The van der Waals surface area contributed by atoms with Gasteiger partial charge in [0.2, 0.25) is 5.82 Å². The number of hydrogen-bond acceptors (Lipinski definition) is 5. The second kappa shape index (κ2) is 6.69. The standard InChI is InChI=1S/C13H18N4O2/c1-9(2)4-5-10(3)16-13-12(17(18)19)6-11(7-14)8-15-13/h6,8-10H,4-5H2,1-3H3,(H,15,16). The van der Waals surface area contributed by atoms with E-state index in [0.717, 1.165) is 12.8 Å². The lowest BCUT2D eigenvalue weighted by molar-refractivity contribution is -0.384. The van der Waals surface area contributed by atoms with Crippen molar-refractivity contribution < 1.29 is 4.92 Å². The van der Waals surface area contributed by atoms with Crippen LogP contribution in [0.2, 0.25) is 0 Å². The molecule has 0 saturated carbocycles. The van der Waals surface area contributed by atoms with Crippen molar-refractivity contribution in [2.24, 2.45) is 5.92 Å². The van der Waals surface area contributed by atoms with Gasteiger partial charge in [-0.1, -0.05) is 13.8 Å². The first-order valence-electron chi connectivity index (χ1n) is 6.25. The molecule has 1 aromatic rings. The third-order valence-corrected chi connectivity index (χ3v) is 2.75. The zero-order valence-electron chi connectivity index (χ0n) is 11.4. The number of rotatable bonds is 6. The van der Waals surface area contributed by atoms with E-state index in [-0.39, 0.29) is 23.1 Å². The molecule has 1 N–H and O–H groups in total. The van der Waals surface area contributed by atoms with E-state index >= 15 is 0 Å². The number of pyridine rings is 1. The Morgan fingerprint density at radius 2 is 2.16 bits per heavy atom. The van der Waals surface area contributed by atoms with Gasteiger partial charge < -0.3 is 5.32 Å². The Kier molecular flexibility index (Phi) is 5.24. The number of nitrogens with one attached hydrogen (secondary N) is 1. The first kappa shape index (κ1) is 14.9. The highest BCUT2D eigenvalue weighted by atomic mass is 16.6. The van der Waals surface area contributed by atoms with Gasteiger partial charge >= 0.3 is 5.69 Å². The largest absolute Gasteiger partial charge is 0.362 e. The Hall–Kier alpha value is -2.16. The number of nitrogens with zero attached hydrogens (tertiary/aromatic N) is 3. The molecule has 0 bridgehead atoms. The summed E-state index contributed by atoms with van der Waals surface area (Å²) in [5.41, 5.74) is 0.0301. The van der Waals surface area contributed by atoms with E-state index < -0.39 is 4.92 Å². The smallest absolute Gasteiger partial charge is 0.312 e. The van der Waals surface area contributed by atoms with Crippen LogP contribution in [0.5, 0.6) is 0 Å². The highest BCUT2D eigenvalue weighted by Gasteiger charge is 2.18. The highest BCUT2D eigenvalue weighted by molar-refractivity contribution is 5.58. The maximum atomic E-state index is 11.0. The van der Waals surface area contributed by atoms with Crippen LogP contribution >= 0.6 is 0 Å². The van der Waals surface area contributed by atoms with Gasteiger partial charge in [0.1, 0.15) is 6.07 Å². The summed E-state index contributed by atoms with van der Waals surface area (Å²) in [6.07, 6.45) is 3.29. The SMILES string of the molecule is CC(C)CCC(C)Nc1ncc(C#N)cc1[N+](=O)[O-]. The molecule has 0 saturated heterocycles. The van der Waals surface area contributed by atoms with Gasteiger partial charge in [0.05, 0.1) is 10.5 Å². The van der Waals surface area contributed by atoms with Crippen molar-refractivity contribution in [1.82, 2.24) is 4.98 Å². The Bertz CT molecular complexity index is 494. The van der Waals surface area contributed by atoms with Gasteiger partial charge in [0, 0.05) is 18.3 Å². The molecule has 1 atom stereocenters. The molecule has 1 aromatic heterocycles. The fourth-order valence-corrected chi connectivity index (χ4v) is 1.65. The van der Waals surface area contributed by atoms with Crippen molar-refractivity contribution in [3.8, 4) is 6.07 Å². The predicted octanol–water partition coefficient (Wildman–Crippen LogP) is 3.10. The molecule has 0 aliphatic rings. The Morgan fingerprint density at radius 1 is 1.47 bits per heavy atom. The van der Waals surface area contributed by atoms with Gasteiger partial charge in [-0.05, 0) is 25.7 Å². The molecule has 19 heavy (non-hydrogen) atoms. The third kappa shape index (κ3) is 4.54. The molecule has 1 unspecified atom stereocenters. The molecule has 102 valence electrons. The summed E-state index contributed by atoms with van der Waals surface area (Å²) in [4.78, 5) is 14.4. The third-order valence-electron chi connectivity index (χ3n) is 2.75. The Morgan fingerprint density at radius 3 is 2.68 bits per heavy atom. The summed E-state index contributed by atoms with van der Waals surface area (Å²) in [5, 5.41) is 22.7. The quantitative estimate of drug-likeness (QED) is 0.628. The summed E-state index contributed by atoms with van der Waals surface area (Å²) in [6, 6.07) is 3.19. The molecule has 6 heteroatoms. The maximum absolute atomic E-state index is 11.0. The van der Waals surface area contributed by atoms with Crippen molar-refractivity contribution in [3.05, 3.63) is 27.9 Å². The molecular weight excluding hydrogens is 244 g/mol. The molecular formula is C13H18N4O2. The summed E-state index contributed by atoms with van der Waals surface area (Å²) < 4.78 is 0. The maximum Gasteiger partial charge on any atom is 0.312 e. The average molecular weight is 262 g/mol. The van der Waals surface area contributed by atoms with E-state index in [1.165, 1.54) is 12.3 Å². The van der Waals surface area contributed by atoms with Crippen LogP contribution in [-0.4, -0.2) is 15.9 Å². The van der Waals surface area contributed by atoms with Crippen LogP contribution in [0, 0.1) is 27.4 Å². The van der Waals surface area contributed by atoms with Crippen LogP contribution in [0.3, 0.4) is 0 Å². The Balaban J connectivity index is 2.83. The summed E-state index contributed by atoms with van der Waals surface area (Å²) in [7, 11) is 0. The minimum absolute atomic E-state index is 0.0986. The number of aromatic nitrogens is 1. The first-order chi connectivity index (χ1) is 8.93. The zero-order valence-corrected chi connectivity index (χ0v) is 11.4. The van der Waals surface area contributed by atoms with Crippen LogP contribution in [0.4, 0.5) is 11.5 Å². The fourth-order valence-electron chi connectivity index (χ4n) is 1.65. The minimum Gasteiger partial charge on any atom is -0.362 e. The molecule has 0 aliphatic carbocycles. The van der Waals surface area contributed by atoms with Crippen LogP contribution in [0.1, 0.15) is 39.2 Å². The monoisotopic (exact) mass is 262 g/mol. The lowest BCUT2D eigenvalue weighted by Gasteiger charge is -2.15. The molecule has 0 fully saturated rings. The predicted molar refractivity (Wildman–Crippen MR) is 72.8 cm³/mol. The number of nitro groups is 1. The van der Waals surface area contributed by atoms with Crippen LogP contribution in [-0.2, 0) is 0 Å². The van der Waals surface area contributed by atoms with Crippen molar-refractivity contribution in [2.45, 2.75) is 39.7 Å². The van der Waals surface area contributed by atoms with E-state index in [0.29, 0.717) is 5.92 Å². The van der Waals surface area contributed by atoms with Gasteiger partial charge in [-0.2, -0.15) is 5.26 Å². The van der Waals surface area contributed by atoms with Crippen molar-refractivity contribution in [3.63, 3.8) is 0 Å². The van der Waals surface area contributed by atoms with Crippen LogP contribution in [0.25, 0.3) is 0 Å². The van der Waals surface area contributed by atoms with E-state index in [1.54, 1.807) is 0 Å². The van der Waals surface area contributed by atoms with E-state index in [2.05, 4.69) is 24.1 Å². The molecule has 1 heterocycles. The van der Waals surface area contributed by atoms with Crippen LogP contribution < -0.4 is 5.32 Å². The van der Waals surface area contributed by atoms with Gasteiger partial charge in [-0.3, -0.25) is 10.1 Å². The topological polar surface area (TPSA) is 91.8 Å². The van der Waals surface area contributed by atoms with Gasteiger partial charge in [-0.25, -0.2) is 4.98 Å². The zero-order chi connectivity index (χ0) is 14.4. The molecule has 0 aliphatic heterocycles. The second-order valence-corrected chi connectivity index (χ2v) is 4.98. The van der Waals surface area contributed by atoms with Gasteiger partial charge in [0.15, 0.2) is 0 Å². The molecule has 0 spiro atoms. The van der Waals surface area contributed by atoms with Gasteiger partial charge in [-0.15, -0.1) is 0 Å². The number of nitriles is 1. The van der Waals surface area contributed by atoms with Crippen LogP contribution in [0.15, 0.2) is 12.3 Å². The molecule has 0 amide bonds. The minimum atomic E-state index is -0.522. The highest BCUT2D eigenvalue weighted by Crippen LogP contribution is 2.24. The van der Waals surface area contributed by atoms with Gasteiger partial charge in [0.25, 0.3) is 0 Å². The lowest BCUT2D eigenvalue weighted by atomic mass is 10.0. The first-order valence-corrected chi connectivity index (χ1v) is 6.25. The summed E-state index contributed by atoms with van der Waals surface area (Å²) >= 11 is 0. The Labute approximate surface area is 112 Å². The van der Waals surface area contributed by atoms with E-state index in [9.17, 15) is 10.1 Å².